The van der Waals surface area contributed by atoms with Crippen LogP contribution in [0.3, 0.4) is 0 Å². The molecular formula is C32H66NO7P. The van der Waals surface area contributed by atoms with Gasteiger partial charge in [0, 0.05) is 13.5 Å². The van der Waals surface area contributed by atoms with Crippen molar-refractivity contribution in [3.8, 4) is 0 Å². The van der Waals surface area contributed by atoms with Gasteiger partial charge in [0.2, 0.25) is 0 Å². The van der Waals surface area contributed by atoms with Crippen LogP contribution < -0.4 is 4.89 Å². The van der Waals surface area contributed by atoms with Crippen LogP contribution >= 0.6 is 7.82 Å². The third-order valence-electron chi connectivity index (χ3n) is 7.21. The standard InChI is InChI=1S/C32H66NO7P/c1-6-7-8-9-10-11-12-13-14-15-16-17-18-19-20-21-22-23-24-25-27-37-29-32(40-31(2)34)30-39-41(35,36)38-28-26-33(3,4)5/h32H,6-30H2,1-5H3. The van der Waals surface area contributed by atoms with E-state index in [1.165, 1.54) is 122 Å². The summed E-state index contributed by atoms with van der Waals surface area (Å²) in [4.78, 5) is 23.3. The van der Waals surface area contributed by atoms with Crippen molar-refractivity contribution in [3.05, 3.63) is 0 Å². The monoisotopic (exact) mass is 607 g/mol. The number of carbonyl (C=O) groups excluding carboxylic acids is 1. The van der Waals surface area contributed by atoms with E-state index in [9.17, 15) is 14.3 Å². The van der Waals surface area contributed by atoms with Crippen molar-refractivity contribution in [1.82, 2.24) is 0 Å². The number of phosphoric ester groups is 1. The van der Waals surface area contributed by atoms with Crippen LogP contribution in [0, 0.1) is 0 Å². The first-order valence-electron chi connectivity index (χ1n) is 16.7. The summed E-state index contributed by atoms with van der Waals surface area (Å²) in [5.41, 5.74) is 0. The van der Waals surface area contributed by atoms with E-state index in [4.69, 9.17) is 18.5 Å². The largest absolute Gasteiger partial charge is 0.756 e. The van der Waals surface area contributed by atoms with Gasteiger partial charge in [-0.3, -0.25) is 9.36 Å². The number of unbranched alkanes of at least 4 members (excludes halogenated alkanes) is 19. The Morgan fingerprint density at radius 3 is 1.46 bits per heavy atom. The molecule has 0 saturated carbocycles. The van der Waals surface area contributed by atoms with Crippen molar-refractivity contribution in [3.63, 3.8) is 0 Å². The lowest BCUT2D eigenvalue weighted by Crippen LogP contribution is -2.37. The number of hydrogen-bond donors (Lipinski definition) is 0. The van der Waals surface area contributed by atoms with Crippen molar-refractivity contribution in [1.29, 1.82) is 0 Å². The SMILES string of the molecule is CCCCCCCCCCCCCCCCCCCCCCOCC(COP(=O)([O-])OCC[N+](C)(C)C)OC(C)=O. The van der Waals surface area contributed by atoms with Gasteiger partial charge in [-0.25, -0.2) is 0 Å². The molecule has 0 aliphatic carbocycles. The topological polar surface area (TPSA) is 94.1 Å². The minimum atomic E-state index is -4.46. The zero-order valence-corrected chi connectivity index (χ0v) is 28.4. The Balaban J connectivity index is 3.60. The summed E-state index contributed by atoms with van der Waals surface area (Å²) in [6.45, 7) is 4.43. The normalized spacial score (nSPS) is 14.2. The van der Waals surface area contributed by atoms with E-state index in [2.05, 4.69) is 6.92 Å². The van der Waals surface area contributed by atoms with Gasteiger partial charge in [0.1, 0.15) is 19.3 Å². The first-order chi connectivity index (χ1) is 19.6. The number of ether oxygens (including phenoxy) is 2. The fourth-order valence-corrected chi connectivity index (χ4v) is 5.39. The Morgan fingerprint density at radius 2 is 1.07 bits per heavy atom. The second-order valence-corrected chi connectivity index (χ2v) is 14.0. The summed E-state index contributed by atoms with van der Waals surface area (Å²) < 4.78 is 33.1. The Bertz CT molecular complexity index is 642. The van der Waals surface area contributed by atoms with Crippen LogP contribution in [0.15, 0.2) is 0 Å². The highest BCUT2D eigenvalue weighted by atomic mass is 31.2. The Kier molecular flexibility index (Phi) is 26.7. The maximum absolute atomic E-state index is 12.0. The third-order valence-corrected chi connectivity index (χ3v) is 8.17. The molecule has 0 rings (SSSR count). The predicted octanol–water partition coefficient (Wildman–Crippen LogP) is 7.96. The lowest BCUT2D eigenvalue weighted by molar-refractivity contribution is -0.870. The Labute approximate surface area is 253 Å². The molecule has 0 fully saturated rings. The van der Waals surface area contributed by atoms with Crippen molar-refractivity contribution >= 4 is 13.8 Å². The number of carbonyl (C=O) groups is 1. The van der Waals surface area contributed by atoms with E-state index < -0.39 is 19.9 Å². The smallest absolute Gasteiger partial charge is 0.303 e. The molecule has 0 N–H and O–H groups in total. The highest BCUT2D eigenvalue weighted by molar-refractivity contribution is 7.45. The van der Waals surface area contributed by atoms with Gasteiger partial charge in [-0.05, 0) is 6.42 Å². The maximum atomic E-state index is 12.0. The van der Waals surface area contributed by atoms with Gasteiger partial charge in [0.05, 0.1) is 34.4 Å². The van der Waals surface area contributed by atoms with Gasteiger partial charge in [0.25, 0.3) is 7.82 Å². The molecule has 41 heavy (non-hydrogen) atoms. The molecule has 2 unspecified atom stereocenters. The molecule has 0 aromatic heterocycles. The molecule has 0 aliphatic rings. The molecule has 0 aromatic rings. The minimum absolute atomic E-state index is 0.0262. The van der Waals surface area contributed by atoms with E-state index in [1.54, 1.807) is 0 Å². The minimum Gasteiger partial charge on any atom is -0.756 e. The van der Waals surface area contributed by atoms with E-state index >= 15 is 0 Å². The fraction of sp³-hybridized carbons (Fsp3) is 0.969. The first kappa shape index (κ1) is 40.5. The summed E-state index contributed by atoms with van der Waals surface area (Å²) in [7, 11) is 1.36. The quantitative estimate of drug-likeness (QED) is 0.0341. The second kappa shape index (κ2) is 27.1. The molecule has 246 valence electrons. The lowest BCUT2D eigenvalue weighted by atomic mass is 10.0. The maximum Gasteiger partial charge on any atom is 0.303 e. The van der Waals surface area contributed by atoms with Crippen LogP contribution in [0.25, 0.3) is 0 Å². The van der Waals surface area contributed by atoms with Crippen LogP contribution in [0.1, 0.15) is 142 Å². The summed E-state index contributed by atoms with van der Waals surface area (Å²) >= 11 is 0. The zero-order chi connectivity index (χ0) is 30.7. The average molecular weight is 608 g/mol. The van der Waals surface area contributed by atoms with Crippen LogP contribution in [-0.2, 0) is 27.9 Å². The molecule has 0 bridgehead atoms. The Hall–Kier alpha value is -0.500. The second-order valence-electron chi connectivity index (χ2n) is 12.6. The van der Waals surface area contributed by atoms with Crippen LogP contribution in [0.2, 0.25) is 0 Å². The summed E-state index contributed by atoms with van der Waals surface area (Å²) in [5, 5.41) is 0. The number of esters is 1. The predicted molar refractivity (Wildman–Crippen MR) is 167 cm³/mol. The van der Waals surface area contributed by atoms with Gasteiger partial charge < -0.3 is 27.9 Å². The molecule has 2 atom stereocenters. The molecule has 9 heteroatoms. The van der Waals surface area contributed by atoms with E-state index in [-0.39, 0.29) is 19.8 Å². The van der Waals surface area contributed by atoms with Gasteiger partial charge in [-0.15, -0.1) is 0 Å². The first-order valence-corrected chi connectivity index (χ1v) is 18.2. The molecular weight excluding hydrogens is 541 g/mol. The van der Waals surface area contributed by atoms with Crippen molar-refractivity contribution < 1.29 is 37.3 Å². The van der Waals surface area contributed by atoms with E-state index in [1.807, 2.05) is 21.1 Å². The molecule has 0 heterocycles. The molecule has 0 radical (unpaired) electrons. The number of quaternary nitrogens is 1. The number of hydrogen-bond acceptors (Lipinski definition) is 7. The fourth-order valence-electron chi connectivity index (χ4n) is 4.66. The van der Waals surface area contributed by atoms with E-state index in [0.29, 0.717) is 17.6 Å². The van der Waals surface area contributed by atoms with Crippen molar-refractivity contribution in [2.24, 2.45) is 0 Å². The van der Waals surface area contributed by atoms with Gasteiger partial charge in [0.15, 0.2) is 0 Å². The highest BCUT2D eigenvalue weighted by Gasteiger charge is 2.19. The number of nitrogens with zero attached hydrogens (tertiary/aromatic N) is 1. The number of rotatable bonds is 31. The van der Waals surface area contributed by atoms with Gasteiger partial charge in [-0.1, -0.05) is 129 Å². The molecule has 0 amide bonds. The molecule has 0 aromatic carbocycles. The molecule has 0 spiro atoms. The number of likely N-dealkylation sites (N-methyl/N-ethyl adjacent to an activating group) is 1. The molecule has 8 nitrogen and oxygen atoms in total. The summed E-state index contributed by atoms with van der Waals surface area (Å²) in [5.74, 6) is -0.507. The van der Waals surface area contributed by atoms with Crippen LogP contribution in [-0.4, -0.2) is 70.7 Å². The molecule has 0 aliphatic heterocycles. The summed E-state index contributed by atoms with van der Waals surface area (Å²) in [6, 6.07) is 0. The highest BCUT2D eigenvalue weighted by Crippen LogP contribution is 2.38. The number of phosphoric acid groups is 1. The third kappa shape index (κ3) is 32.3. The Morgan fingerprint density at radius 1 is 0.659 bits per heavy atom. The van der Waals surface area contributed by atoms with E-state index in [0.717, 1.165) is 12.8 Å². The summed E-state index contributed by atoms with van der Waals surface area (Å²) in [6.07, 6.45) is 26.0. The lowest BCUT2D eigenvalue weighted by Gasteiger charge is -2.28. The molecule has 0 saturated heterocycles. The van der Waals surface area contributed by atoms with Crippen LogP contribution in [0.4, 0.5) is 0 Å². The van der Waals surface area contributed by atoms with Crippen molar-refractivity contribution in [2.45, 2.75) is 148 Å². The average Bonchev–Trinajstić information content (AvgIpc) is 2.89. The van der Waals surface area contributed by atoms with Gasteiger partial charge >= 0.3 is 5.97 Å². The zero-order valence-electron chi connectivity index (χ0n) is 27.5. The van der Waals surface area contributed by atoms with Crippen molar-refractivity contribution in [2.75, 3.05) is 54.1 Å². The van der Waals surface area contributed by atoms with Crippen LogP contribution in [0.5, 0.6) is 0 Å². The van der Waals surface area contributed by atoms with Gasteiger partial charge in [-0.2, -0.15) is 0 Å².